The normalized spacial score (nSPS) is 17.5. The monoisotopic (exact) mass is 571 g/mol. The molecule has 4 heterocycles. The number of pyridine rings is 2. The summed E-state index contributed by atoms with van der Waals surface area (Å²) in [6.07, 6.45) is -2.19. The maximum absolute atomic E-state index is 13.9. The van der Waals surface area contributed by atoms with Crippen molar-refractivity contribution in [2.24, 2.45) is 7.05 Å². The van der Waals surface area contributed by atoms with E-state index in [1.54, 1.807) is 48.1 Å². The molecular formula is C28H28F3N5O5. The Morgan fingerprint density at radius 1 is 1.20 bits per heavy atom. The molecule has 1 fully saturated rings. The van der Waals surface area contributed by atoms with Gasteiger partial charge in [-0.2, -0.15) is 13.2 Å². The van der Waals surface area contributed by atoms with Crippen molar-refractivity contribution in [2.45, 2.75) is 38.1 Å². The number of carbonyl (C=O) groups excluding carboxylic acids is 1. The van der Waals surface area contributed by atoms with Crippen LogP contribution < -0.4 is 15.6 Å². The molecule has 10 nitrogen and oxygen atoms in total. The van der Waals surface area contributed by atoms with Crippen LogP contribution in [0.1, 0.15) is 30.6 Å². The minimum absolute atomic E-state index is 0.0240. The van der Waals surface area contributed by atoms with Gasteiger partial charge in [-0.15, -0.1) is 0 Å². The minimum atomic E-state index is -4.69. The highest BCUT2D eigenvalue weighted by Gasteiger charge is 2.35. The van der Waals surface area contributed by atoms with Crippen molar-refractivity contribution in [3.8, 4) is 11.5 Å². The van der Waals surface area contributed by atoms with Gasteiger partial charge in [0.1, 0.15) is 23.0 Å². The molecule has 2 unspecified atom stereocenters. The molecular weight excluding hydrogens is 543 g/mol. The van der Waals surface area contributed by atoms with Crippen LogP contribution in [-0.2, 0) is 33.9 Å². The summed E-state index contributed by atoms with van der Waals surface area (Å²) >= 11 is 0. The van der Waals surface area contributed by atoms with E-state index in [9.17, 15) is 22.8 Å². The number of imidazole rings is 1. The molecule has 1 aliphatic rings. The number of hydrogen-bond acceptors (Lipinski definition) is 8. The van der Waals surface area contributed by atoms with E-state index in [1.165, 1.54) is 14.0 Å². The molecule has 1 aromatic carbocycles. The van der Waals surface area contributed by atoms with Crippen molar-refractivity contribution in [3.05, 3.63) is 70.4 Å². The van der Waals surface area contributed by atoms with Gasteiger partial charge >= 0.3 is 6.18 Å². The molecule has 1 saturated heterocycles. The molecule has 41 heavy (non-hydrogen) atoms. The zero-order valence-corrected chi connectivity index (χ0v) is 22.6. The van der Waals surface area contributed by atoms with Gasteiger partial charge in [-0.25, -0.2) is 4.98 Å². The SMILES string of the molecule is COC1CCOCC1n1cc(C(F)(F)F)cc(Nc2nc3ccc(Oc4ccnc(CC(C)=O)c4)cc3n2C)c1=O. The van der Waals surface area contributed by atoms with Crippen molar-refractivity contribution >= 4 is 28.5 Å². The number of carbonyl (C=O) groups is 1. The molecule has 1 N–H and O–H groups in total. The van der Waals surface area contributed by atoms with Gasteiger partial charge in [0.15, 0.2) is 0 Å². The second-order valence-corrected chi connectivity index (χ2v) is 9.79. The first-order valence-electron chi connectivity index (χ1n) is 12.8. The molecule has 3 aromatic heterocycles. The average molecular weight is 572 g/mol. The minimum Gasteiger partial charge on any atom is -0.457 e. The highest BCUT2D eigenvalue weighted by atomic mass is 19.4. The van der Waals surface area contributed by atoms with Gasteiger partial charge < -0.3 is 28.7 Å². The molecule has 5 rings (SSSR count). The van der Waals surface area contributed by atoms with E-state index >= 15 is 0 Å². The summed E-state index contributed by atoms with van der Waals surface area (Å²) in [5, 5.41) is 2.81. The molecule has 4 aromatic rings. The lowest BCUT2D eigenvalue weighted by atomic mass is 10.1. The molecule has 13 heteroatoms. The number of anilines is 2. The maximum Gasteiger partial charge on any atom is 0.417 e. The number of nitrogens with one attached hydrogen (secondary N) is 1. The summed E-state index contributed by atoms with van der Waals surface area (Å²) in [6.45, 7) is 1.91. The lowest BCUT2D eigenvalue weighted by Gasteiger charge is -2.32. The number of nitrogens with zero attached hydrogens (tertiary/aromatic N) is 4. The second-order valence-electron chi connectivity index (χ2n) is 9.79. The number of methoxy groups -OCH3 is 1. The van der Waals surface area contributed by atoms with Crippen LogP contribution in [0.25, 0.3) is 11.0 Å². The van der Waals surface area contributed by atoms with Crippen LogP contribution in [0.4, 0.5) is 24.8 Å². The molecule has 0 amide bonds. The van der Waals surface area contributed by atoms with E-state index in [1.807, 2.05) is 0 Å². The molecule has 0 radical (unpaired) electrons. The van der Waals surface area contributed by atoms with Gasteiger partial charge in [-0.1, -0.05) is 0 Å². The fourth-order valence-electron chi connectivity index (χ4n) is 4.80. The number of aromatic nitrogens is 4. The standard InChI is InChI=1S/C28H28F3N5O5/c1-16(37)10-18-12-20(6-8-32-18)41-19-4-5-21-23(13-19)35(2)27(33-21)34-22-11-17(28(29,30)31)14-36(26(22)38)24-15-40-9-7-25(24)39-3/h4-6,8,11-14,24-25H,7,9-10,15H2,1-3H3,(H,33,34). The second kappa shape index (κ2) is 11.3. The number of fused-ring (bicyclic) bond motifs is 1. The van der Waals surface area contributed by atoms with E-state index < -0.39 is 29.4 Å². The molecule has 2 atom stereocenters. The van der Waals surface area contributed by atoms with Crippen LogP contribution in [-0.4, -0.2) is 51.3 Å². The van der Waals surface area contributed by atoms with Crippen molar-refractivity contribution in [1.29, 1.82) is 0 Å². The Bertz CT molecular complexity index is 1650. The molecule has 1 aliphatic heterocycles. The van der Waals surface area contributed by atoms with Gasteiger partial charge in [-0.3, -0.25) is 14.6 Å². The van der Waals surface area contributed by atoms with Crippen LogP contribution in [0.2, 0.25) is 0 Å². The van der Waals surface area contributed by atoms with E-state index in [-0.39, 0.29) is 30.4 Å². The molecule has 0 saturated carbocycles. The molecule has 0 aliphatic carbocycles. The van der Waals surface area contributed by atoms with E-state index in [4.69, 9.17) is 14.2 Å². The quantitative estimate of drug-likeness (QED) is 0.322. The van der Waals surface area contributed by atoms with Gasteiger partial charge in [0.2, 0.25) is 5.95 Å². The van der Waals surface area contributed by atoms with E-state index in [2.05, 4.69) is 15.3 Å². The molecule has 216 valence electrons. The lowest BCUT2D eigenvalue weighted by molar-refractivity contribution is -0.138. The molecule has 0 spiro atoms. The first-order chi connectivity index (χ1) is 19.5. The number of benzene rings is 1. The number of rotatable bonds is 8. The van der Waals surface area contributed by atoms with Crippen LogP contribution in [0.15, 0.2) is 53.6 Å². The first-order valence-corrected chi connectivity index (χ1v) is 12.8. The molecule has 0 bridgehead atoms. The third kappa shape index (κ3) is 6.10. The fourth-order valence-corrected chi connectivity index (χ4v) is 4.80. The van der Waals surface area contributed by atoms with Crippen molar-refractivity contribution in [2.75, 3.05) is 25.6 Å². The van der Waals surface area contributed by atoms with Gasteiger partial charge in [0.25, 0.3) is 5.56 Å². The van der Waals surface area contributed by atoms with Crippen LogP contribution in [0.3, 0.4) is 0 Å². The number of ketones is 1. The Morgan fingerprint density at radius 2 is 1.98 bits per heavy atom. The summed E-state index contributed by atoms with van der Waals surface area (Å²) < 4.78 is 61.1. The summed E-state index contributed by atoms with van der Waals surface area (Å²) in [7, 11) is 3.12. The van der Waals surface area contributed by atoms with Gasteiger partial charge in [0, 0.05) is 51.7 Å². The zero-order valence-electron chi connectivity index (χ0n) is 22.6. The average Bonchev–Trinajstić information content (AvgIpc) is 3.23. The highest BCUT2D eigenvalue weighted by molar-refractivity contribution is 5.81. The van der Waals surface area contributed by atoms with Crippen LogP contribution in [0, 0.1) is 0 Å². The Morgan fingerprint density at radius 3 is 2.71 bits per heavy atom. The fraction of sp³-hybridized carbons (Fsp3) is 0.357. The third-order valence-electron chi connectivity index (χ3n) is 6.85. The summed E-state index contributed by atoms with van der Waals surface area (Å²) in [4.78, 5) is 33.5. The van der Waals surface area contributed by atoms with Gasteiger partial charge in [-0.05, 0) is 37.6 Å². The predicted molar refractivity (Wildman–Crippen MR) is 144 cm³/mol. The summed E-state index contributed by atoms with van der Waals surface area (Å²) in [5.74, 6) is 1.10. The number of aryl methyl sites for hydroxylation is 1. The Labute approximate surface area is 232 Å². The first kappa shape index (κ1) is 28.3. The Kier molecular flexibility index (Phi) is 7.82. The zero-order chi connectivity index (χ0) is 29.3. The predicted octanol–water partition coefficient (Wildman–Crippen LogP) is 4.79. The Balaban J connectivity index is 1.48. The third-order valence-corrected chi connectivity index (χ3v) is 6.85. The van der Waals surface area contributed by atoms with E-state index in [0.717, 1.165) is 16.8 Å². The van der Waals surface area contributed by atoms with Crippen molar-refractivity contribution in [1.82, 2.24) is 19.1 Å². The smallest absolute Gasteiger partial charge is 0.417 e. The topological polar surface area (TPSA) is 110 Å². The Hall–Kier alpha value is -4.23. The van der Waals surface area contributed by atoms with Crippen LogP contribution in [0.5, 0.6) is 11.5 Å². The van der Waals surface area contributed by atoms with Crippen molar-refractivity contribution < 1.29 is 32.2 Å². The van der Waals surface area contributed by atoms with Crippen molar-refractivity contribution in [3.63, 3.8) is 0 Å². The summed E-state index contributed by atoms with van der Waals surface area (Å²) in [6, 6.07) is 8.48. The maximum atomic E-state index is 13.9. The van der Waals surface area contributed by atoms with E-state index in [0.29, 0.717) is 41.3 Å². The van der Waals surface area contributed by atoms with Crippen LogP contribution >= 0.6 is 0 Å². The number of Topliss-reactive ketones (excluding diaryl/α,β-unsaturated/α-hetero) is 1. The number of alkyl halides is 3. The lowest BCUT2D eigenvalue weighted by Crippen LogP contribution is -2.41. The van der Waals surface area contributed by atoms with Gasteiger partial charge in [0.05, 0.1) is 41.0 Å². The number of ether oxygens (including phenoxy) is 3. The number of hydrogen-bond donors (Lipinski definition) is 1. The largest absolute Gasteiger partial charge is 0.457 e. The summed E-state index contributed by atoms with van der Waals surface area (Å²) in [5.41, 5.74) is -0.227. The highest BCUT2D eigenvalue weighted by Crippen LogP contribution is 2.33. The number of halogens is 3.